The number of nitrogens with zero attached hydrogens (tertiary/aromatic N) is 1. The van der Waals surface area contributed by atoms with E-state index in [1.807, 2.05) is 0 Å². The van der Waals surface area contributed by atoms with Gasteiger partial charge in [-0.2, -0.15) is 0 Å². The molecule has 0 bridgehead atoms. The molecule has 0 amide bonds. The van der Waals surface area contributed by atoms with E-state index >= 15 is 0 Å². The van der Waals surface area contributed by atoms with Gasteiger partial charge in [0.15, 0.2) is 0 Å². The van der Waals surface area contributed by atoms with Crippen molar-refractivity contribution in [2.75, 3.05) is 13.1 Å². The Morgan fingerprint density at radius 2 is 2.07 bits per heavy atom. The van der Waals surface area contributed by atoms with Crippen LogP contribution < -0.4 is 5.73 Å². The molecule has 3 unspecified atom stereocenters. The van der Waals surface area contributed by atoms with Crippen molar-refractivity contribution in [1.29, 1.82) is 0 Å². The van der Waals surface area contributed by atoms with Crippen molar-refractivity contribution in [3.8, 4) is 0 Å². The Kier molecular flexibility index (Phi) is 3.45. The second-order valence-electron chi connectivity index (χ2n) is 5.06. The van der Waals surface area contributed by atoms with Gasteiger partial charge in [0.25, 0.3) is 0 Å². The lowest BCUT2D eigenvalue weighted by molar-refractivity contribution is 0.150. The van der Waals surface area contributed by atoms with Crippen molar-refractivity contribution in [3.05, 3.63) is 0 Å². The molecule has 2 rings (SSSR count). The highest BCUT2D eigenvalue weighted by Crippen LogP contribution is 2.35. The highest BCUT2D eigenvalue weighted by atomic mass is 15.2. The molecule has 2 fully saturated rings. The van der Waals surface area contributed by atoms with Crippen molar-refractivity contribution in [2.24, 2.45) is 11.7 Å². The first kappa shape index (κ1) is 10.4. The summed E-state index contributed by atoms with van der Waals surface area (Å²) >= 11 is 0. The van der Waals surface area contributed by atoms with E-state index in [-0.39, 0.29) is 0 Å². The molecule has 2 nitrogen and oxygen atoms in total. The van der Waals surface area contributed by atoms with Crippen LogP contribution in [0.5, 0.6) is 0 Å². The van der Waals surface area contributed by atoms with Crippen LogP contribution in [0.25, 0.3) is 0 Å². The molecule has 2 heteroatoms. The standard InChI is InChI=1S/C12H24N2/c1-10-4-3-9-14(10)12-6-2-5-11(12)7-8-13/h10-12H,2-9,13H2,1H3. The zero-order valence-electron chi connectivity index (χ0n) is 9.41. The number of rotatable bonds is 3. The molecule has 0 aromatic heterocycles. The topological polar surface area (TPSA) is 29.3 Å². The molecule has 0 aromatic rings. The highest BCUT2D eigenvalue weighted by molar-refractivity contribution is 4.90. The Morgan fingerprint density at radius 3 is 2.71 bits per heavy atom. The summed E-state index contributed by atoms with van der Waals surface area (Å²) in [6.45, 7) is 4.61. The van der Waals surface area contributed by atoms with E-state index in [0.29, 0.717) is 0 Å². The van der Waals surface area contributed by atoms with E-state index in [1.165, 1.54) is 45.1 Å². The number of hydrogen-bond donors (Lipinski definition) is 1. The molecule has 14 heavy (non-hydrogen) atoms. The van der Waals surface area contributed by atoms with E-state index in [0.717, 1.165) is 24.5 Å². The second kappa shape index (κ2) is 4.63. The van der Waals surface area contributed by atoms with Gasteiger partial charge in [-0.3, -0.25) is 4.90 Å². The van der Waals surface area contributed by atoms with E-state index in [1.54, 1.807) is 0 Å². The average molecular weight is 196 g/mol. The van der Waals surface area contributed by atoms with Crippen LogP contribution in [0.2, 0.25) is 0 Å². The molecule has 3 atom stereocenters. The van der Waals surface area contributed by atoms with Crippen molar-refractivity contribution < 1.29 is 0 Å². The monoisotopic (exact) mass is 196 g/mol. The van der Waals surface area contributed by atoms with Gasteiger partial charge in [-0.25, -0.2) is 0 Å². The zero-order valence-corrected chi connectivity index (χ0v) is 9.41. The number of hydrogen-bond acceptors (Lipinski definition) is 2. The lowest BCUT2D eigenvalue weighted by Gasteiger charge is -2.32. The third-order valence-electron chi connectivity index (χ3n) is 4.19. The fourth-order valence-electron chi connectivity index (χ4n) is 3.45. The predicted octanol–water partition coefficient (Wildman–Crippen LogP) is 1.99. The van der Waals surface area contributed by atoms with Gasteiger partial charge >= 0.3 is 0 Å². The largest absolute Gasteiger partial charge is 0.330 e. The molecule has 1 saturated carbocycles. The molecule has 0 radical (unpaired) electrons. The Morgan fingerprint density at radius 1 is 1.21 bits per heavy atom. The summed E-state index contributed by atoms with van der Waals surface area (Å²) in [5.74, 6) is 0.903. The Labute approximate surface area is 87.8 Å². The summed E-state index contributed by atoms with van der Waals surface area (Å²) in [7, 11) is 0. The van der Waals surface area contributed by atoms with Crippen LogP contribution in [-0.2, 0) is 0 Å². The minimum atomic E-state index is 0.832. The van der Waals surface area contributed by atoms with E-state index in [9.17, 15) is 0 Å². The van der Waals surface area contributed by atoms with Crippen LogP contribution in [0.1, 0.15) is 45.4 Å². The normalized spacial score (nSPS) is 39.4. The maximum Gasteiger partial charge on any atom is 0.0127 e. The van der Waals surface area contributed by atoms with Gasteiger partial charge in [0.2, 0.25) is 0 Å². The third-order valence-corrected chi connectivity index (χ3v) is 4.19. The fourth-order valence-corrected chi connectivity index (χ4v) is 3.45. The van der Waals surface area contributed by atoms with Crippen LogP contribution in [-0.4, -0.2) is 30.1 Å². The van der Waals surface area contributed by atoms with E-state index < -0.39 is 0 Å². The Balaban J connectivity index is 1.94. The Bertz CT molecular complexity index is 181. The molecule has 1 aliphatic carbocycles. The van der Waals surface area contributed by atoms with Gasteiger partial charge in [0, 0.05) is 12.1 Å². The van der Waals surface area contributed by atoms with Gasteiger partial charge in [-0.05, 0) is 58.0 Å². The van der Waals surface area contributed by atoms with Crippen molar-refractivity contribution in [3.63, 3.8) is 0 Å². The van der Waals surface area contributed by atoms with Crippen LogP contribution in [0.4, 0.5) is 0 Å². The fraction of sp³-hybridized carbons (Fsp3) is 1.00. The first-order chi connectivity index (χ1) is 6.83. The van der Waals surface area contributed by atoms with Crippen molar-refractivity contribution in [2.45, 2.75) is 57.5 Å². The van der Waals surface area contributed by atoms with Crippen molar-refractivity contribution in [1.82, 2.24) is 4.90 Å². The lowest BCUT2D eigenvalue weighted by atomic mass is 9.98. The molecule has 1 heterocycles. The molecular formula is C12H24N2. The minimum Gasteiger partial charge on any atom is -0.330 e. The predicted molar refractivity (Wildman–Crippen MR) is 60.2 cm³/mol. The van der Waals surface area contributed by atoms with Gasteiger partial charge in [-0.15, -0.1) is 0 Å². The van der Waals surface area contributed by atoms with E-state index in [2.05, 4.69) is 11.8 Å². The summed E-state index contributed by atoms with van der Waals surface area (Å²) in [4.78, 5) is 2.76. The molecular weight excluding hydrogens is 172 g/mol. The average Bonchev–Trinajstić information content (AvgIpc) is 2.74. The minimum absolute atomic E-state index is 0.832. The molecule has 1 saturated heterocycles. The highest BCUT2D eigenvalue weighted by Gasteiger charge is 2.35. The molecule has 82 valence electrons. The van der Waals surface area contributed by atoms with Crippen LogP contribution in [0.3, 0.4) is 0 Å². The smallest absolute Gasteiger partial charge is 0.0127 e. The lowest BCUT2D eigenvalue weighted by Crippen LogP contribution is -2.40. The van der Waals surface area contributed by atoms with Gasteiger partial charge < -0.3 is 5.73 Å². The summed E-state index contributed by atoms with van der Waals surface area (Å²) in [5, 5.41) is 0. The van der Waals surface area contributed by atoms with Gasteiger partial charge in [0.05, 0.1) is 0 Å². The summed E-state index contributed by atoms with van der Waals surface area (Å²) in [5.41, 5.74) is 5.69. The van der Waals surface area contributed by atoms with Gasteiger partial charge in [-0.1, -0.05) is 6.42 Å². The SMILES string of the molecule is CC1CCCN1C1CCCC1CCN. The molecule has 1 aliphatic heterocycles. The maximum atomic E-state index is 5.69. The van der Waals surface area contributed by atoms with Crippen LogP contribution >= 0.6 is 0 Å². The maximum absolute atomic E-state index is 5.69. The summed E-state index contributed by atoms with van der Waals surface area (Å²) in [6, 6.07) is 1.70. The van der Waals surface area contributed by atoms with Crippen LogP contribution in [0, 0.1) is 5.92 Å². The third kappa shape index (κ3) is 1.96. The molecule has 2 N–H and O–H groups in total. The molecule has 0 aromatic carbocycles. The van der Waals surface area contributed by atoms with Gasteiger partial charge in [0.1, 0.15) is 0 Å². The Hall–Kier alpha value is -0.0800. The zero-order chi connectivity index (χ0) is 9.97. The quantitative estimate of drug-likeness (QED) is 0.748. The second-order valence-corrected chi connectivity index (χ2v) is 5.06. The number of likely N-dealkylation sites (tertiary alicyclic amines) is 1. The van der Waals surface area contributed by atoms with Crippen LogP contribution in [0.15, 0.2) is 0 Å². The summed E-state index contributed by atoms with van der Waals surface area (Å²) < 4.78 is 0. The number of nitrogens with two attached hydrogens (primary N) is 1. The van der Waals surface area contributed by atoms with E-state index in [4.69, 9.17) is 5.73 Å². The molecule has 0 spiro atoms. The van der Waals surface area contributed by atoms with Crippen molar-refractivity contribution >= 4 is 0 Å². The first-order valence-electron chi connectivity index (χ1n) is 6.28. The summed E-state index contributed by atoms with van der Waals surface area (Å²) in [6.07, 6.45) is 8.34. The molecule has 2 aliphatic rings. The first-order valence-corrected chi connectivity index (χ1v) is 6.28.